The van der Waals surface area contributed by atoms with Crippen LogP contribution in [-0.2, 0) is 16.6 Å². The first-order valence-electron chi connectivity index (χ1n) is 9.96. The van der Waals surface area contributed by atoms with Gasteiger partial charge in [-0.05, 0) is 63.1 Å². The summed E-state index contributed by atoms with van der Waals surface area (Å²) in [5.41, 5.74) is 3.41. The van der Waals surface area contributed by atoms with Crippen molar-refractivity contribution in [2.24, 2.45) is 7.05 Å². The second kappa shape index (κ2) is 8.50. The van der Waals surface area contributed by atoms with Gasteiger partial charge in [-0.25, -0.2) is 4.79 Å². The van der Waals surface area contributed by atoms with E-state index in [1.165, 1.54) is 0 Å². The van der Waals surface area contributed by atoms with E-state index in [-0.39, 0.29) is 5.97 Å². The Hall–Kier alpha value is -2.46. The molecule has 29 heavy (non-hydrogen) atoms. The summed E-state index contributed by atoms with van der Waals surface area (Å²) in [7, 11) is 2.05. The molecule has 0 saturated heterocycles. The molecule has 4 nitrogen and oxygen atoms in total. The molecule has 0 aliphatic rings. The van der Waals surface area contributed by atoms with Crippen molar-refractivity contribution in [1.29, 1.82) is 0 Å². The van der Waals surface area contributed by atoms with Crippen molar-refractivity contribution in [3.63, 3.8) is 0 Å². The lowest BCUT2D eigenvalue weighted by Crippen LogP contribution is -2.39. The van der Waals surface area contributed by atoms with Crippen LogP contribution in [0.15, 0.2) is 42.5 Å². The fraction of sp³-hybridized carbons (Fsp3) is 0.375. The monoisotopic (exact) mass is 413 g/mol. The fourth-order valence-electron chi connectivity index (χ4n) is 3.41. The number of esters is 1. The van der Waals surface area contributed by atoms with Crippen LogP contribution in [0.3, 0.4) is 0 Å². The van der Waals surface area contributed by atoms with E-state index >= 15 is 0 Å². The number of nitrogens with zero attached hydrogens (tertiary/aromatic N) is 1. The molecule has 0 atom stereocenters. The summed E-state index contributed by atoms with van der Waals surface area (Å²) in [4.78, 5) is 12.4. The Labute approximate surface area is 177 Å². The van der Waals surface area contributed by atoms with E-state index < -0.39 is 5.60 Å². The van der Waals surface area contributed by atoms with Crippen LogP contribution >= 0.6 is 11.6 Å². The molecule has 0 saturated carbocycles. The van der Waals surface area contributed by atoms with Crippen molar-refractivity contribution in [3.8, 4) is 16.9 Å². The standard InChI is InChI=1S/C24H28ClNO3/c1-6-7-14-28-23(27)24(3,4)29-19-12-13-21-20(15-19)22(16(2)26(21)5)17-8-10-18(25)11-9-17/h8-13,15H,6-7,14H2,1-5H3. The SMILES string of the molecule is CCCCOC(=O)C(C)(C)Oc1ccc2c(c1)c(-c1ccc(Cl)cc1)c(C)n2C. The molecule has 0 bridgehead atoms. The van der Waals surface area contributed by atoms with Gasteiger partial charge in [0.15, 0.2) is 5.60 Å². The number of carbonyl (C=O) groups excluding carboxylic acids is 1. The van der Waals surface area contributed by atoms with Crippen molar-refractivity contribution < 1.29 is 14.3 Å². The predicted molar refractivity (Wildman–Crippen MR) is 119 cm³/mol. The van der Waals surface area contributed by atoms with E-state index in [1.807, 2.05) is 49.5 Å². The number of hydrogen-bond donors (Lipinski definition) is 0. The summed E-state index contributed by atoms with van der Waals surface area (Å²) in [6.07, 6.45) is 1.83. The van der Waals surface area contributed by atoms with Crippen LogP contribution in [-0.4, -0.2) is 22.7 Å². The summed E-state index contributed by atoms with van der Waals surface area (Å²) < 4.78 is 13.6. The van der Waals surface area contributed by atoms with Gasteiger partial charge in [0.05, 0.1) is 6.61 Å². The van der Waals surface area contributed by atoms with Gasteiger partial charge in [-0.3, -0.25) is 0 Å². The minimum Gasteiger partial charge on any atom is -0.476 e. The molecule has 0 N–H and O–H groups in total. The summed E-state index contributed by atoms with van der Waals surface area (Å²) >= 11 is 6.07. The Morgan fingerprint density at radius 2 is 1.83 bits per heavy atom. The number of ether oxygens (including phenoxy) is 2. The normalized spacial score (nSPS) is 11.7. The molecule has 5 heteroatoms. The molecule has 0 spiro atoms. The molecule has 2 aromatic carbocycles. The van der Waals surface area contributed by atoms with Crippen LogP contribution in [0.5, 0.6) is 5.75 Å². The Kier molecular flexibility index (Phi) is 6.23. The Balaban J connectivity index is 1.96. The van der Waals surface area contributed by atoms with Gasteiger partial charge in [-0.1, -0.05) is 37.1 Å². The van der Waals surface area contributed by atoms with Crippen molar-refractivity contribution >= 4 is 28.5 Å². The predicted octanol–water partition coefficient (Wildman–Crippen LogP) is 6.31. The van der Waals surface area contributed by atoms with Crippen LogP contribution in [0.25, 0.3) is 22.0 Å². The van der Waals surface area contributed by atoms with E-state index in [0.717, 1.165) is 40.6 Å². The zero-order valence-corrected chi connectivity index (χ0v) is 18.5. The van der Waals surface area contributed by atoms with Crippen LogP contribution in [0.2, 0.25) is 5.02 Å². The lowest BCUT2D eigenvalue weighted by Gasteiger charge is -2.24. The lowest BCUT2D eigenvalue weighted by molar-refractivity contribution is -0.159. The Bertz CT molecular complexity index is 1020. The van der Waals surface area contributed by atoms with Gasteiger partial charge in [-0.2, -0.15) is 0 Å². The van der Waals surface area contributed by atoms with E-state index in [2.05, 4.69) is 18.4 Å². The number of aromatic nitrogens is 1. The zero-order valence-electron chi connectivity index (χ0n) is 17.7. The van der Waals surface area contributed by atoms with E-state index in [4.69, 9.17) is 21.1 Å². The quantitative estimate of drug-likeness (QED) is 0.336. The highest BCUT2D eigenvalue weighted by Crippen LogP contribution is 2.37. The number of fused-ring (bicyclic) bond motifs is 1. The molecule has 0 unspecified atom stereocenters. The molecule has 0 aliphatic heterocycles. The first-order valence-corrected chi connectivity index (χ1v) is 10.3. The molecule has 0 radical (unpaired) electrons. The van der Waals surface area contributed by atoms with E-state index in [1.54, 1.807) is 13.8 Å². The van der Waals surface area contributed by atoms with Crippen molar-refractivity contribution in [2.45, 2.75) is 46.1 Å². The summed E-state index contributed by atoms with van der Waals surface area (Å²) in [6, 6.07) is 13.7. The van der Waals surface area contributed by atoms with Gasteiger partial charge in [0, 0.05) is 34.2 Å². The highest BCUT2D eigenvalue weighted by molar-refractivity contribution is 6.30. The number of aryl methyl sites for hydroxylation is 1. The minimum atomic E-state index is -1.06. The first kappa shape index (κ1) is 21.3. The third-order valence-corrected chi connectivity index (χ3v) is 5.44. The summed E-state index contributed by atoms with van der Waals surface area (Å²) in [6.45, 7) is 8.05. The molecular weight excluding hydrogens is 386 g/mol. The highest BCUT2D eigenvalue weighted by atomic mass is 35.5. The Morgan fingerprint density at radius 3 is 2.48 bits per heavy atom. The molecule has 154 valence electrons. The number of benzene rings is 2. The fourth-order valence-corrected chi connectivity index (χ4v) is 3.54. The summed E-state index contributed by atoms with van der Waals surface area (Å²) in [5, 5.41) is 1.78. The van der Waals surface area contributed by atoms with Gasteiger partial charge < -0.3 is 14.0 Å². The van der Waals surface area contributed by atoms with Gasteiger partial charge in [-0.15, -0.1) is 0 Å². The summed E-state index contributed by atoms with van der Waals surface area (Å²) in [5.74, 6) is 0.281. The third-order valence-electron chi connectivity index (χ3n) is 5.19. The maximum absolute atomic E-state index is 12.4. The van der Waals surface area contributed by atoms with Crippen LogP contribution in [0, 0.1) is 6.92 Å². The number of halogens is 1. The number of hydrogen-bond acceptors (Lipinski definition) is 3. The minimum absolute atomic E-state index is 0.354. The number of rotatable bonds is 7. The van der Waals surface area contributed by atoms with E-state index in [9.17, 15) is 4.79 Å². The first-order chi connectivity index (χ1) is 13.7. The van der Waals surface area contributed by atoms with Crippen molar-refractivity contribution in [3.05, 3.63) is 53.2 Å². The Morgan fingerprint density at radius 1 is 1.14 bits per heavy atom. The van der Waals surface area contributed by atoms with E-state index in [0.29, 0.717) is 17.4 Å². The smallest absolute Gasteiger partial charge is 0.349 e. The topological polar surface area (TPSA) is 40.5 Å². The van der Waals surface area contributed by atoms with Gasteiger partial charge in [0.2, 0.25) is 0 Å². The third kappa shape index (κ3) is 4.43. The second-order valence-corrected chi connectivity index (χ2v) is 8.24. The molecule has 1 aromatic heterocycles. The molecule has 0 amide bonds. The number of carbonyl (C=O) groups is 1. The van der Waals surface area contributed by atoms with Gasteiger partial charge in [0.1, 0.15) is 5.75 Å². The zero-order chi connectivity index (χ0) is 21.2. The molecule has 1 heterocycles. The average Bonchev–Trinajstić information content (AvgIpc) is 2.92. The van der Waals surface area contributed by atoms with Gasteiger partial charge in [0.25, 0.3) is 0 Å². The van der Waals surface area contributed by atoms with Gasteiger partial charge >= 0.3 is 5.97 Å². The van der Waals surface area contributed by atoms with Crippen LogP contribution in [0.1, 0.15) is 39.3 Å². The van der Waals surface area contributed by atoms with Crippen molar-refractivity contribution in [2.75, 3.05) is 6.61 Å². The average molecular weight is 414 g/mol. The molecule has 0 fully saturated rings. The van der Waals surface area contributed by atoms with Crippen LogP contribution in [0.4, 0.5) is 0 Å². The maximum Gasteiger partial charge on any atom is 0.349 e. The molecule has 0 aliphatic carbocycles. The number of unbranched alkanes of at least 4 members (excludes halogenated alkanes) is 1. The lowest BCUT2D eigenvalue weighted by atomic mass is 10.0. The van der Waals surface area contributed by atoms with Crippen LogP contribution < -0.4 is 4.74 Å². The molecule has 3 rings (SSSR count). The second-order valence-electron chi connectivity index (χ2n) is 7.81. The highest BCUT2D eigenvalue weighted by Gasteiger charge is 2.32. The molecular formula is C24H28ClNO3. The largest absolute Gasteiger partial charge is 0.476 e. The van der Waals surface area contributed by atoms with Crippen molar-refractivity contribution in [1.82, 2.24) is 4.57 Å². The molecule has 3 aromatic rings. The maximum atomic E-state index is 12.4.